The fourth-order valence-electron chi connectivity index (χ4n) is 1.05. The number of amides is 1. The number of hydrogen-bond acceptors (Lipinski definition) is 2. The number of alkyl halides is 1. The van der Waals surface area contributed by atoms with Gasteiger partial charge in [0, 0.05) is 17.1 Å². The molecular weight excluding hydrogens is 246 g/mol. The van der Waals surface area contributed by atoms with Crippen LogP contribution in [0.2, 0.25) is 0 Å². The molecule has 2 N–H and O–H groups in total. The zero-order valence-electron chi connectivity index (χ0n) is 8.30. The Balaban J connectivity index is 2.57. The van der Waals surface area contributed by atoms with Crippen molar-refractivity contribution in [3.8, 4) is 0 Å². The molecule has 0 bridgehead atoms. The van der Waals surface area contributed by atoms with E-state index in [-0.39, 0.29) is 11.4 Å². The lowest BCUT2D eigenvalue weighted by Crippen LogP contribution is -2.43. The van der Waals surface area contributed by atoms with Crippen molar-refractivity contribution < 1.29 is 4.79 Å². The lowest BCUT2D eigenvalue weighted by atomic mass is 10.0. The largest absolute Gasteiger partial charge is 0.347 e. The molecule has 1 aromatic rings. The van der Waals surface area contributed by atoms with Crippen LogP contribution in [0, 0.1) is 0 Å². The average molecular weight is 260 g/mol. The number of aromatic amines is 1. The highest BCUT2D eigenvalue weighted by molar-refractivity contribution is 9.09. The van der Waals surface area contributed by atoms with Gasteiger partial charge in [0.1, 0.15) is 0 Å². The van der Waals surface area contributed by atoms with Gasteiger partial charge in [0.25, 0.3) is 5.91 Å². The number of H-pyrrole nitrogens is 1. The van der Waals surface area contributed by atoms with E-state index in [2.05, 4.69) is 31.4 Å². The maximum atomic E-state index is 11.6. The highest BCUT2D eigenvalue weighted by Gasteiger charge is 2.20. The molecule has 0 spiro atoms. The summed E-state index contributed by atoms with van der Waals surface area (Å²) in [4.78, 5) is 11.6. The van der Waals surface area contributed by atoms with E-state index in [1.165, 1.54) is 6.20 Å². The number of carbonyl (C=O) groups excluding carboxylic acids is 1. The summed E-state index contributed by atoms with van der Waals surface area (Å²) in [5, 5.41) is 10.1. The normalized spacial score (nSPS) is 11.4. The summed E-state index contributed by atoms with van der Waals surface area (Å²) in [6.07, 6.45) is 3.98. The zero-order chi connectivity index (χ0) is 10.6. The van der Waals surface area contributed by atoms with Crippen molar-refractivity contribution in [3.63, 3.8) is 0 Å². The number of carbonyl (C=O) groups is 1. The van der Waals surface area contributed by atoms with Crippen LogP contribution in [-0.4, -0.2) is 27.0 Å². The summed E-state index contributed by atoms with van der Waals surface area (Å²) in [6.45, 7) is 3.98. The Kier molecular flexibility index (Phi) is 3.69. The lowest BCUT2D eigenvalue weighted by molar-refractivity contribution is 0.0912. The van der Waals surface area contributed by atoms with Gasteiger partial charge in [-0.1, -0.05) is 15.9 Å². The van der Waals surface area contributed by atoms with Gasteiger partial charge in [0.2, 0.25) is 0 Å². The molecule has 0 aliphatic rings. The molecule has 0 fully saturated rings. The Morgan fingerprint density at radius 3 is 2.93 bits per heavy atom. The fourth-order valence-corrected chi connectivity index (χ4v) is 2.04. The SMILES string of the molecule is CC(C)(CCBr)NC(=O)c1cn[nH]c1. The van der Waals surface area contributed by atoms with Crippen molar-refractivity contribution in [1.82, 2.24) is 15.5 Å². The van der Waals surface area contributed by atoms with Gasteiger partial charge in [-0.2, -0.15) is 5.10 Å². The van der Waals surface area contributed by atoms with Crippen molar-refractivity contribution in [1.29, 1.82) is 0 Å². The van der Waals surface area contributed by atoms with E-state index >= 15 is 0 Å². The molecule has 0 aliphatic carbocycles. The summed E-state index contributed by atoms with van der Waals surface area (Å²) >= 11 is 3.35. The minimum Gasteiger partial charge on any atom is -0.347 e. The van der Waals surface area contributed by atoms with Crippen molar-refractivity contribution in [2.24, 2.45) is 0 Å². The predicted octanol–water partition coefficient (Wildman–Crippen LogP) is 1.70. The molecule has 1 amide bonds. The van der Waals surface area contributed by atoms with E-state index in [0.29, 0.717) is 5.56 Å². The quantitative estimate of drug-likeness (QED) is 0.809. The highest BCUT2D eigenvalue weighted by atomic mass is 79.9. The summed E-state index contributed by atoms with van der Waals surface area (Å²) in [5.41, 5.74) is 0.366. The van der Waals surface area contributed by atoms with Crippen LogP contribution in [0.3, 0.4) is 0 Å². The zero-order valence-corrected chi connectivity index (χ0v) is 9.89. The van der Waals surface area contributed by atoms with Gasteiger partial charge >= 0.3 is 0 Å². The highest BCUT2D eigenvalue weighted by Crippen LogP contribution is 2.11. The molecule has 5 heteroatoms. The number of nitrogens with zero attached hydrogens (tertiary/aromatic N) is 1. The molecule has 0 atom stereocenters. The maximum Gasteiger partial charge on any atom is 0.254 e. The molecule has 1 heterocycles. The van der Waals surface area contributed by atoms with Crippen LogP contribution >= 0.6 is 15.9 Å². The van der Waals surface area contributed by atoms with Crippen LogP contribution in [0.4, 0.5) is 0 Å². The van der Waals surface area contributed by atoms with Crippen LogP contribution in [0.15, 0.2) is 12.4 Å². The summed E-state index contributed by atoms with van der Waals surface area (Å²) in [7, 11) is 0. The molecular formula is C9H14BrN3O. The Morgan fingerprint density at radius 1 is 1.71 bits per heavy atom. The van der Waals surface area contributed by atoms with Crippen LogP contribution < -0.4 is 5.32 Å². The Labute approximate surface area is 91.6 Å². The van der Waals surface area contributed by atoms with Gasteiger partial charge in [-0.15, -0.1) is 0 Å². The molecule has 0 aliphatic heterocycles. The van der Waals surface area contributed by atoms with E-state index in [0.717, 1.165) is 11.8 Å². The van der Waals surface area contributed by atoms with Gasteiger partial charge < -0.3 is 5.32 Å². The van der Waals surface area contributed by atoms with Crippen LogP contribution in [0.25, 0.3) is 0 Å². The van der Waals surface area contributed by atoms with Crippen LogP contribution in [0.1, 0.15) is 30.6 Å². The van der Waals surface area contributed by atoms with E-state index < -0.39 is 0 Å². The number of aromatic nitrogens is 2. The number of hydrogen-bond donors (Lipinski definition) is 2. The molecule has 0 aromatic carbocycles. The first-order chi connectivity index (χ1) is 6.55. The van der Waals surface area contributed by atoms with E-state index in [1.54, 1.807) is 6.20 Å². The average Bonchev–Trinajstić information content (AvgIpc) is 2.53. The van der Waals surface area contributed by atoms with Crippen LogP contribution in [0.5, 0.6) is 0 Å². The Morgan fingerprint density at radius 2 is 2.43 bits per heavy atom. The van der Waals surface area contributed by atoms with Gasteiger partial charge in [-0.05, 0) is 20.3 Å². The number of halogens is 1. The fraction of sp³-hybridized carbons (Fsp3) is 0.556. The Bertz CT molecular complexity index is 295. The Hall–Kier alpha value is -0.840. The molecule has 78 valence electrons. The molecule has 1 rings (SSSR count). The third-order valence-electron chi connectivity index (χ3n) is 1.93. The second-order valence-electron chi connectivity index (χ2n) is 3.76. The molecule has 14 heavy (non-hydrogen) atoms. The first kappa shape index (κ1) is 11.2. The van der Waals surface area contributed by atoms with Crippen molar-refractivity contribution in [2.75, 3.05) is 5.33 Å². The summed E-state index contributed by atoms with van der Waals surface area (Å²) in [5.74, 6) is -0.0929. The second-order valence-corrected chi connectivity index (χ2v) is 4.56. The predicted molar refractivity (Wildman–Crippen MR) is 58.5 cm³/mol. The summed E-state index contributed by atoms with van der Waals surface area (Å²) < 4.78 is 0. The third kappa shape index (κ3) is 3.14. The lowest BCUT2D eigenvalue weighted by Gasteiger charge is -2.24. The number of rotatable bonds is 4. The van der Waals surface area contributed by atoms with Crippen molar-refractivity contribution in [3.05, 3.63) is 18.0 Å². The smallest absolute Gasteiger partial charge is 0.254 e. The molecule has 0 saturated heterocycles. The minimum absolute atomic E-state index is 0.0929. The topological polar surface area (TPSA) is 57.8 Å². The third-order valence-corrected chi connectivity index (χ3v) is 2.33. The maximum absolute atomic E-state index is 11.6. The van der Waals surface area contributed by atoms with Gasteiger partial charge in [0.15, 0.2) is 0 Å². The summed E-state index contributed by atoms with van der Waals surface area (Å²) in [6, 6.07) is 0. The van der Waals surface area contributed by atoms with Crippen LogP contribution in [-0.2, 0) is 0 Å². The van der Waals surface area contributed by atoms with Gasteiger partial charge in [-0.3, -0.25) is 9.89 Å². The first-order valence-electron chi connectivity index (χ1n) is 4.42. The van der Waals surface area contributed by atoms with E-state index in [1.807, 2.05) is 13.8 Å². The first-order valence-corrected chi connectivity index (χ1v) is 5.54. The van der Waals surface area contributed by atoms with Crippen molar-refractivity contribution in [2.45, 2.75) is 25.8 Å². The standard InChI is InChI=1S/C9H14BrN3O/c1-9(2,3-4-10)13-8(14)7-5-11-12-6-7/h5-6H,3-4H2,1-2H3,(H,11,12)(H,13,14). The molecule has 0 unspecified atom stereocenters. The monoisotopic (exact) mass is 259 g/mol. The molecule has 4 nitrogen and oxygen atoms in total. The second kappa shape index (κ2) is 4.59. The molecule has 0 radical (unpaired) electrons. The van der Waals surface area contributed by atoms with Crippen molar-refractivity contribution >= 4 is 21.8 Å². The molecule has 0 saturated carbocycles. The minimum atomic E-state index is -0.197. The van der Waals surface area contributed by atoms with Gasteiger partial charge in [0.05, 0.1) is 11.8 Å². The van der Waals surface area contributed by atoms with E-state index in [4.69, 9.17) is 0 Å². The molecule has 1 aromatic heterocycles. The number of nitrogens with one attached hydrogen (secondary N) is 2. The van der Waals surface area contributed by atoms with Gasteiger partial charge in [-0.25, -0.2) is 0 Å². The van der Waals surface area contributed by atoms with E-state index in [9.17, 15) is 4.79 Å².